The molecule has 2 aromatic rings. The van der Waals surface area contributed by atoms with Crippen molar-refractivity contribution in [2.24, 2.45) is 12.5 Å². The van der Waals surface area contributed by atoms with Crippen molar-refractivity contribution in [1.29, 1.82) is 0 Å². The number of hydrogen-bond donors (Lipinski definition) is 1. The number of nitrogens with one attached hydrogen (secondary N) is 1. The van der Waals surface area contributed by atoms with Gasteiger partial charge in [-0.15, -0.1) is 0 Å². The molecule has 2 unspecified atom stereocenters. The summed E-state index contributed by atoms with van der Waals surface area (Å²) in [5, 5.41) is 3.74. The van der Waals surface area contributed by atoms with Crippen molar-refractivity contribution < 1.29 is 0 Å². The van der Waals surface area contributed by atoms with Crippen molar-refractivity contribution in [3.8, 4) is 0 Å². The number of aryl methyl sites for hydroxylation is 1. The number of benzene rings is 1. The zero-order chi connectivity index (χ0) is 14.1. The highest BCUT2D eigenvalue weighted by Gasteiger charge is 2.53. The van der Waals surface area contributed by atoms with Crippen molar-refractivity contribution in [3.05, 3.63) is 29.6 Å². The average Bonchev–Trinajstić information content (AvgIpc) is 2.74. The minimum atomic E-state index is 0.252. The molecule has 0 spiro atoms. The summed E-state index contributed by atoms with van der Waals surface area (Å²) in [6.45, 7) is 8.43. The summed E-state index contributed by atoms with van der Waals surface area (Å²) in [6.07, 6.45) is 4.27. The summed E-state index contributed by atoms with van der Waals surface area (Å²) in [5.41, 5.74) is 5.99. The molecule has 0 amide bonds. The third-order valence-electron chi connectivity index (χ3n) is 6.28. The first-order valence-corrected chi connectivity index (χ1v) is 7.61. The average molecular weight is 269 g/mol. The van der Waals surface area contributed by atoms with Gasteiger partial charge >= 0.3 is 0 Å². The third-order valence-corrected chi connectivity index (χ3v) is 6.28. The standard InChI is InChI=1S/C17H23N3/c1-16(2)15-8-11-7-14-13(19-10-20(14)4)9-12(11)17(16,3)5-6-18-15/h7,9-10,15,18H,5-6,8H2,1-4H3. The summed E-state index contributed by atoms with van der Waals surface area (Å²) in [5.74, 6) is 0. The maximum atomic E-state index is 4.56. The molecule has 106 valence electrons. The second kappa shape index (κ2) is 3.64. The van der Waals surface area contributed by atoms with E-state index in [-0.39, 0.29) is 5.41 Å². The van der Waals surface area contributed by atoms with Gasteiger partial charge in [0.1, 0.15) is 0 Å². The van der Waals surface area contributed by atoms with Gasteiger partial charge in [0.2, 0.25) is 0 Å². The Hall–Kier alpha value is -1.35. The summed E-state index contributed by atoms with van der Waals surface area (Å²) in [4.78, 5) is 4.56. The first-order chi connectivity index (χ1) is 9.43. The quantitative estimate of drug-likeness (QED) is 0.797. The molecule has 1 fully saturated rings. The van der Waals surface area contributed by atoms with E-state index >= 15 is 0 Å². The van der Waals surface area contributed by atoms with Crippen LogP contribution in [0, 0.1) is 5.41 Å². The van der Waals surface area contributed by atoms with Crippen molar-refractivity contribution in [3.63, 3.8) is 0 Å². The fraction of sp³-hybridized carbons (Fsp3) is 0.588. The summed E-state index contributed by atoms with van der Waals surface area (Å²) < 4.78 is 2.13. The molecule has 3 nitrogen and oxygen atoms in total. The lowest BCUT2D eigenvalue weighted by molar-refractivity contribution is 0.0561. The predicted molar refractivity (Wildman–Crippen MR) is 82.0 cm³/mol. The van der Waals surface area contributed by atoms with Gasteiger partial charge in [0.05, 0.1) is 17.4 Å². The highest BCUT2D eigenvalue weighted by molar-refractivity contribution is 5.78. The lowest BCUT2D eigenvalue weighted by Gasteiger charge is -2.57. The molecule has 2 aliphatic rings. The Labute approximate surface area is 120 Å². The van der Waals surface area contributed by atoms with Crippen molar-refractivity contribution in [2.45, 2.75) is 45.1 Å². The normalized spacial score (nSPS) is 31.3. The Morgan fingerprint density at radius 1 is 1.30 bits per heavy atom. The zero-order valence-corrected chi connectivity index (χ0v) is 12.8. The maximum Gasteiger partial charge on any atom is 0.0955 e. The van der Waals surface area contributed by atoms with E-state index in [2.05, 4.69) is 54.8 Å². The Morgan fingerprint density at radius 3 is 2.90 bits per heavy atom. The fourth-order valence-corrected chi connectivity index (χ4v) is 4.39. The van der Waals surface area contributed by atoms with Crippen LogP contribution >= 0.6 is 0 Å². The molecule has 20 heavy (non-hydrogen) atoms. The minimum absolute atomic E-state index is 0.252. The minimum Gasteiger partial charge on any atom is -0.334 e. The number of piperidine rings is 1. The van der Waals surface area contributed by atoms with Crippen LogP contribution in [0.3, 0.4) is 0 Å². The van der Waals surface area contributed by atoms with Gasteiger partial charge in [0.25, 0.3) is 0 Å². The molecule has 1 aliphatic carbocycles. The Kier molecular flexibility index (Phi) is 2.26. The number of aromatic nitrogens is 2. The van der Waals surface area contributed by atoms with E-state index in [4.69, 9.17) is 0 Å². The molecule has 1 aromatic heterocycles. The second-order valence-electron chi connectivity index (χ2n) is 7.37. The van der Waals surface area contributed by atoms with Gasteiger partial charge < -0.3 is 9.88 Å². The highest BCUT2D eigenvalue weighted by Crippen LogP contribution is 2.54. The Bertz CT molecular complexity index is 698. The molecule has 0 saturated carbocycles. The molecule has 2 atom stereocenters. The van der Waals surface area contributed by atoms with Gasteiger partial charge in [-0.05, 0) is 48.1 Å². The van der Waals surface area contributed by atoms with Crippen LogP contribution in [-0.4, -0.2) is 22.1 Å². The Balaban J connectivity index is 2.02. The van der Waals surface area contributed by atoms with Crippen LogP contribution in [-0.2, 0) is 18.9 Å². The number of nitrogens with zero attached hydrogens (tertiary/aromatic N) is 2. The second-order valence-corrected chi connectivity index (χ2v) is 7.37. The van der Waals surface area contributed by atoms with Crippen LogP contribution in [0.15, 0.2) is 18.5 Å². The maximum absolute atomic E-state index is 4.56. The van der Waals surface area contributed by atoms with Crippen molar-refractivity contribution in [1.82, 2.24) is 14.9 Å². The van der Waals surface area contributed by atoms with Crippen LogP contribution in [0.2, 0.25) is 0 Å². The van der Waals surface area contributed by atoms with Crippen molar-refractivity contribution in [2.75, 3.05) is 6.54 Å². The molecule has 0 radical (unpaired) electrons. The molecule has 2 heterocycles. The molecular formula is C17H23N3. The molecule has 2 bridgehead atoms. The van der Waals surface area contributed by atoms with Gasteiger partial charge in [-0.1, -0.05) is 20.8 Å². The predicted octanol–water partition coefficient (Wildman–Crippen LogP) is 2.78. The number of imidazole rings is 1. The fourth-order valence-electron chi connectivity index (χ4n) is 4.39. The van der Waals surface area contributed by atoms with E-state index < -0.39 is 0 Å². The largest absolute Gasteiger partial charge is 0.334 e. The van der Waals surface area contributed by atoms with Gasteiger partial charge in [-0.2, -0.15) is 0 Å². The summed E-state index contributed by atoms with van der Waals surface area (Å²) in [6, 6.07) is 5.30. The van der Waals surface area contributed by atoms with Crippen LogP contribution < -0.4 is 5.32 Å². The van der Waals surface area contributed by atoms with Gasteiger partial charge in [-0.3, -0.25) is 0 Å². The Morgan fingerprint density at radius 2 is 2.10 bits per heavy atom. The smallest absolute Gasteiger partial charge is 0.0955 e. The molecule has 1 aliphatic heterocycles. The van der Waals surface area contributed by atoms with Crippen LogP contribution in [0.25, 0.3) is 11.0 Å². The molecular weight excluding hydrogens is 246 g/mol. The number of hydrogen-bond acceptors (Lipinski definition) is 2. The number of fused-ring (bicyclic) bond motifs is 5. The molecule has 1 aromatic carbocycles. The monoisotopic (exact) mass is 269 g/mol. The van der Waals surface area contributed by atoms with E-state index in [1.807, 2.05) is 6.33 Å². The lowest BCUT2D eigenvalue weighted by Crippen LogP contribution is -2.62. The lowest BCUT2D eigenvalue weighted by atomic mass is 9.51. The molecule has 3 heteroatoms. The summed E-state index contributed by atoms with van der Waals surface area (Å²) in [7, 11) is 2.08. The molecule has 1 N–H and O–H groups in total. The summed E-state index contributed by atoms with van der Waals surface area (Å²) >= 11 is 0. The van der Waals surface area contributed by atoms with E-state index in [1.165, 1.54) is 23.1 Å². The van der Waals surface area contributed by atoms with Crippen LogP contribution in [0.5, 0.6) is 0 Å². The van der Waals surface area contributed by atoms with Gasteiger partial charge in [0.15, 0.2) is 0 Å². The zero-order valence-electron chi connectivity index (χ0n) is 12.8. The highest BCUT2D eigenvalue weighted by atomic mass is 15.0. The third kappa shape index (κ3) is 1.32. The van der Waals surface area contributed by atoms with E-state index in [0.29, 0.717) is 11.5 Å². The van der Waals surface area contributed by atoms with Crippen LogP contribution in [0.4, 0.5) is 0 Å². The topological polar surface area (TPSA) is 29.9 Å². The number of rotatable bonds is 0. The SMILES string of the molecule is Cn1cnc2cc3c(cc21)CC1NCCC3(C)C1(C)C. The van der Waals surface area contributed by atoms with Gasteiger partial charge in [0, 0.05) is 18.5 Å². The van der Waals surface area contributed by atoms with Gasteiger partial charge in [-0.25, -0.2) is 4.98 Å². The molecule has 1 saturated heterocycles. The van der Waals surface area contributed by atoms with E-state index in [0.717, 1.165) is 18.5 Å². The first-order valence-electron chi connectivity index (χ1n) is 7.61. The van der Waals surface area contributed by atoms with Crippen LogP contribution in [0.1, 0.15) is 38.3 Å². The molecule has 4 rings (SSSR count). The van der Waals surface area contributed by atoms with Crippen molar-refractivity contribution >= 4 is 11.0 Å². The van der Waals surface area contributed by atoms with E-state index in [9.17, 15) is 0 Å². The van der Waals surface area contributed by atoms with E-state index in [1.54, 1.807) is 0 Å². The first kappa shape index (κ1) is 12.4.